The van der Waals surface area contributed by atoms with Gasteiger partial charge in [0.1, 0.15) is 0 Å². The molecule has 1 rings (SSSR count). The van der Waals surface area contributed by atoms with Crippen molar-refractivity contribution >= 4 is 0 Å². The van der Waals surface area contributed by atoms with Crippen molar-refractivity contribution in [1.29, 1.82) is 0 Å². The molecule has 1 heterocycles. The normalized spacial score (nSPS) is 21.4. The molecule has 0 aromatic heterocycles. The topological polar surface area (TPSA) is 21.7 Å². The molecule has 0 bridgehead atoms. The molecule has 1 fully saturated rings. The summed E-state index contributed by atoms with van der Waals surface area (Å²) in [7, 11) is 0. The Morgan fingerprint density at radius 1 is 0.594 bits per heavy atom. The SMILES string of the molecule is FC(OC(F)(F)C(F)(OC(F)(F)C(F)(F)C(F)(F)F)C(F)(F)F)C(F)(F)N1CCCCC1. The van der Waals surface area contributed by atoms with E-state index in [1.54, 1.807) is 0 Å². The molecule has 0 aromatic rings. The van der Waals surface area contributed by atoms with Crippen LogP contribution >= 0.6 is 0 Å². The number of rotatable bonds is 8. The van der Waals surface area contributed by atoms with E-state index in [4.69, 9.17) is 0 Å². The van der Waals surface area contributed by atoms with E-state index < -0.39 is 61.8 Å². The fourth-order valence-corrected chi connectivity index (χ4v) is 2.30. The van der Waals surface area contributed by atoms with E-state index in [9.17, 15) is 70.2 Å². The maximum absolute atomic E-state index is 13.9. The van der Waals surface area contributed by atoms with Gasteiger partial charge in [-0.2, -0.15) is 65.9 Å². The Morgan fingerprint density at radius 2 is 1.03 bits per heavy atom. The molecule has 1 saturated heterocycles. The first-order chi connectivity index (χ1) is 13.9. The van der Waals surface area contributed by atoms with Crippen molar-refractivity contribution in [3.8, 4) is 0 Å². The molecule has 32 heavy (non-hydrogen) atoms. The quantitative estimate of drug-likeness (QED) is 0.291. The van der Waals surface area contributed by atoms with Gasteiger partial charge >= 0.3 is 42.4 Å². The molecule has 2 unspecified atom stereocenters. The lowest BCUT2D eigenvalue weighted by Crippen LogP contribution is -2.66. The Labute approximate surface area is 167 Å². The van der Waals surface area contributed by atoms with Crippen molar-refractivity contribution in [3.63, 3.8) is 0 Å². The fraction of sp³-hybridized carbons (Fsp3) is 1.00. The van der Waals surface area contributed by atoms with Crippen molar-refractivity contribution in [2.75, 3.05) is 13.1 Å². The first kappa shape index (κ1) is 28.8. The van der Waals surface area contributed by atoms with Crippen LogP contribution in [0.25, 0.3) is 0 Å². The van der Waals surface area contributed by atoms with Crippen LogP contribution in [0.1, 0.15) is 19.3 Å². The van der Waals surface area contributed by atoms with Crippen molar-refractivity contribution in [2.24, 2.45) is 0 Å². The molecule has 0 spiro atoms. The fourth-order valence-electron chi connectivity index (χ4n) is 2.30. The highest BCUT2D eigenvalue weighted by Crippen LogP contribution is 2.55. The van der Waals surface area contributed by atoms with Crippen molar-refractivity contribution in [2.45, 2.75) is 68.0 Å². The average Bonchev–Trinajstić information content (AvgIpc) is 2.59. The predicted octanol–water partition coefficient (Wildman–Crippen LogP) is 6.01. The lowest BCUT2D eigenvalue weighted by atomic mass is 10.1. The smallest absolute Gasteiger partial charge is 0.273 e. The number of piperidine rings is 1. The zero-order valence-corrected chi connectivity index (χ0v) is 14.9. The van der Waals surface area contributed by atoms with Gasteiger partial charge in [0.25, 0.3) is 6.36 Å². The molecule has 0 radical (unpaired) electrons. The highest BCUT2D eigenvalue weighted by atomic mass is 19.4. The van der Waals surface area contributed by atoms with Gasteiger partial charge in [-0.1, -0.05) is 6.42 Å². The molecule has 1 aliphatic heterocycles. The van der Waals surface area contributed by atoms with Crippen LogP contribution in [0.15, 0.2) is 0 Å². The Bertz CT molecular complexity index is 641. The van der Waals surface area contributed by atoms with E-state index in [0.717, 1.165) is 0 Å². The molecule has 0 N–H and O–H groups in total. The second-order valence-corrected chi connectivity index (χ2v) is 6.37. The third-order valence-corrected chi connectivity index (χ3v) is 4.03. The highest BCUT2D eigenvalue weighted by molar-refractivity contribution is 4.93. The van der Waals surface area contributed by atoms with Crippen LogP contribution in [0.5, 0.6) is 0 Å². The summed E-state index contributed by atoms with van der Waals surface area (Å²) < 4.78 is 212. The van der Waals surface area contributed by atoms with Crippen LogP contribution in [-0.4, -0.2) is 66.7 Å². The van der Waals surface area contributed by atoms with Crippen LogP contribution in [0.3, 0.4) is 0 Å². The Kier molecular flexibility index (Phi) is 7.66. The number of halogens is 16. The molecule has 0 aromatic carbocycles. The largest absolute Gasteiger partial charge is 0.462 e. The molecule has 3 nitrogen and oxygen atoms in total. The van der Waals surface area contributed by atoms with Crippen LogP contribution in [-0.2, 0) is 9.47 Å². The number of likely N-dealkylation sites (tertiary alicyclic amines) is 1. The minimum atomic E-state index is -7.69. The van der Waals surface area contributed by atoms with E-state index in [1.165, 1.54) is 4.74 Å². The van der Waals surface area contributed by atoms with Crippen LogP contribution in [0.2, 0.25) is 0 Å². The zero-order chi connectivity index (χ0) is 25.6. The van der Waals surface area contributed by atoms with Gasteiger partial charge in [0, 0.05) is 13.1 Å². The van der Waals surface area contributed by atoms with Gasteiger partial charge in [0.05, 0.1) is 0 Å². The predicted molar refractivity (Wildman–Crippen MR) is 68.2 cm³/mol. The maximum Gasteiger partial charge on any atom is 0.462 e. The average molecular weight is 517 g/mol. The number of nitrogens with zero attached hydrogens (tertiary/aromatic N) is 1. The second kappa shape index (κ2) is 8.52. The Morgan fingerprint density at radius 3 is 1.41 bits per heavy atom. The zero-order valence-electron chi connectivity index (χ0n) is 14.9. The third kappa shape index (κ3) is 5.13. The third-order valence-electron chi connectivity index (χ3n) is 4.03. The van der Waals surface area contributed by atoms with Crippen LogP contribution < -0.4 is 0 Å². The summed E-state index contributed by atoms with van der Waals surface area (Å²) in [5.41, 5.74) is 0. The molecule has 1 aliphatic rings. The summed E-state index contributed by atoms with van der Waals surface area (Å²) >= 11 is 0. The summed E-state index contributed by atoms with van der Waals surface area (Å²) in [6.45, 7) is -1.45. The molecular weight excluding hydrogens is 506 g/mol. The van der Waals surface area contributed by atoms with Crippen molar-refractivity contribution in [3.05, 3.63) is 0 Å². The summed E-state index contributed by atoms with van der Waals surface area (Å²) in [5, 5.41) is 0. The van der Waals surface area contributed by atoms with Gasteiger partial charge in [-0.25, -0.2) is 9.29 Å². The molecule has 192 valence electrons. The van der Waals surface area contributed by atoms with Crippen molar-refractivity contribution in [1.82, 2.24) is 4.90 Å². The number of hydrogen-bond donors (Lipinski definition) is 0. The van der Waals surface area contributed by atoms with E-state index >= 15 is 0 Å². The van der Waals surface area contributed by atoms with Gasteiger partial charge in [0.15, 0.2) is 0 Å². The van der Waals surface area contributed by atoms with Gasteiger partial charge in [-0.05, 0) is 12.8 Å². The standard InChI is InChI=1S/C13H11F16NO2/c14-6(7(15,16)30-4-2-1-3-5-30)31-13(28,29)9(19,11(23,24)25)32-12(26,27)8(17,18)10(20,21)22/h6H,1-5H2. The summed E-state index contributed by atoms with van der Waals surface area (Å²) in [4.78, 5) is -0.238. The van der Waals surface area contributed by atoms with E-state index in [2.05, 4.69) is 4.74 Å². The second-order valence-electron chi connectivity index (χ2n) is 6.37. The van der Waals surface area contributed by atoms with Crippen LogP contribution in [0, 0.1) is 0 Å². The molecule has 0 amide bonds. The Hall–Kier alpha value is -1.24. The van der Waals surface area contributed by atoms with Gasteiger partial charge in [-0.15, -0.1) is 0 Å². The van der Waals surface area contributed by atoms with Gasteiger partial charge in [-0.3, -0.25) is 9.47 Å². The molecule has 0 saturated carbocycles. The van der Waals surface area contributed by atoms with E-state index in [0.29, 0.717) is 6.42 Å². The van der Waals surface area contributed by atoms with E-state index in [1.807, 2.05) is 0 Å². The molecular formula is C13H11F16NO2. The minimum absolute atomic E-state index is 0.0871. The molecule has 19 heteroatoms. The lowest BCUT2D eigenvalue weighted by molar-refractivity contribution is -0.542. The molecule has 0 aliphatic carbocycles. The van der Waals surface area contributed by atoms with Crippen molar-refractivity contribution < 1.29 is 79.7 Å². The summed E-state index contributed by atoms with van der Waals surface area (Å²) in [6, 6.07) is -5.21. The summed E-state index contributed by atoms with van der Waals surface area (Å²) in [5.74, 6) is -15.3. The Balaban J connectivity index is 3.32. The lowest BCUT2D eigenvalue weighted by Gasteiger charge is -2.40. The number of alkyl halides is 16. The highest BCUT2D eigenvalue weighted by Gasteiger charge is 2.84. The minimum Gasteiger partial charge on any atom is -0.273 e. The first-order valence-electron chi connectivity index (χ1n) is 8.05. The molecule has 2 atom stereocenters. The van der Waals surface area contributed by atoms with Gasteiger partial charge in [0.2, 0.25) is 0 Å². The van der Waals surface area contributed by atoms with E-state index in [-0.39, 0.29) is 17.7 Å². The summed E-state index contributed by atoms with van der Waals surface area (Å²) in [6.07, 6.45) is -34.9. The monoisotopic (exact) mass is 517 g/mol. The van der Waals surface area contributed by atoms with Gasteiger partial charge < -0.3 is 0 Å². The number of hydrogen-bond acceptors (Lipinski definition) is 3. The number of ether oxygens (including phenoxy) is 2. The van der Waals surface area contributed by atoms with Crippen LogP contribution in [0.4, 0.5) is 70.2 Å². The maximum atomic E-state index is 13.9. The first-order valence-corrected chi connectivity index (χ1v) is 8.05.